The highest BCUT2D eigenvalue weighted by atomic mass is 35.5. The van der Waals surface area contributed by atoms with Crippen LogP contribution >= 0.6 is 11.6 Å². The summed E-state index contributed by atoms with van der Waals surface area (Å²) in [4.78, 5) is 13.7. The van der Waals surface area contributed by atoms with Gasteiger partial charge in [-0.3, -0.25) is 4.79 Å². The number of amides is 1. The van der Waals surface area contributed by atoms with E-state index < -0.39 is 0 Å². The SMILES string of the molecule is COc1cc(Cl)cc(CN)c1OCC(=O)N(C)C1CC1. The first-order chi connectivity index (χ1) is 9.56. The normalized spacial score (nSPS) is 14.0. The van der Waals surface area contributed by atoms with Gasteiger partial charge in [-0.05, 0) is 18.9 Å². The number of carbonyl (C=O) groups is 1. The highest BCUT2D eigenvalue weighted by Crippen LogP contribution is 2.34. The monoisotopic (exact) mass is 298 g/mol. The average molecular weight is 299 g/mol. The predicted molar refractivity (Wildman–Crippen MR) is 77.2 cm³/mol. The molecule has 0 unspecified atom stereocenters. The van der Waals surface area contributed by atoms with Crippen LogP contribution in [0.3, 0.4) is 0 Å². The minimum absolute atomic E-state index is 0.0298. The molecule has 1 fully saturated rings. The number of rotatable bonds is 6. The van der Waals surface area contributed by atoms with Gasteiger partial charge in [0, 0.05) is 36.3 Å². The number of ether oxygens (including phenoxy) is 2. The van der Waals surface area contributed by atoms with E-state index in [2.05, 4.69) is 0 Å². The fourth-order valence-electron chi connectivity index (χ4n) is 1.99. The van der Waals surface area contributed by atoms with Crippen molar-refractivity contribution in [2.75, 3.05) is 20.8 Å². The van der Waals surface area contributed by atoms with Crippen LogP contribution in [0.2, 0.25) is 5.02 Å². The Hall–Kier alpha value is -1.46. The highest BCUT2D eigenvalue weighted by molar-refractivity contribution is 6.30. The second-order valence-electron chi connectivity index (χ2n) is 4.82. The van der Waals surface area contributed by atoms with Gasteiger partial charge in [-0.2, -0.15) is 0 Å². The molecule has 1 aliphatic rings. The maximum atomic E-state index is 12.0. The number of hydrogen-bond acceptors (Lipinski definition) is 4. The van der Waals surface area contributed by atoms with Gasteiger partial charge >= 0.3 is 0 Å². The van der Waals surface area contributed by atoms with E-state index >= 15 is 0 Å². The fraction of sp³-hybridized carbons (Fsp3) is 0.500. The lowest BCUT2D eigenvalue weighted by atomic mass is 10.2. The summed E-state index contributed by atoms with van der Waals surface area (Å²) in [6, 6.07) is 3.73. The third-order valence-corrected chi connectivity index (χ3v) is 3.58. The third kappa shape index (κ3) is 3.35. The molecule has 0 aliphatic heterocycles. The third-order valence-electron chi connectivity index (χ3n) is 3.36. The number of likely N-dealkylation sites (N-methyl/N-ethyl adjacent to an activating group) is 1. The van der Waals surface area contributed by atoms with Crippen LogP contribution in [0.5, 0.6) is 11.5 Å². The number of carbonyl (C=O) groups excluding carboxylic acids is 1. The molecule has 1 aromatic carbocycles. The van der Waals surface area contributed by atoms with Gasteiger partial charge in [0.2, 0.25) is 0 Å². The molecular weight excluding hydrogens is 280 g/mol. The van der Waals surface area contributed by atoms with Gasteiger partial charge < -0.3 is 20.1 Å². The van der Waals surface area contributed by atoms with E-state index in [1.165, 1.54) is 7.11 Å². The van der Waals surface area contributed by atoms with E-state index in [1.807, 2.05) is 0 Å². The first kappa shape index (κ1) is 14.9. The number of nitrogens with zero attached hydrogens (tertiary/aromatic N) is 1. The summed E-state index contributed by atoms with van der Waals surface area (Å²) in [7, 11) is 3.32. The quantitative estimate of drug-likeness (QED) is 0.870. The Balaban J connectivity index is 2.09. The Morgan fingerprint density at radius 3 is 2.75 bits per heavy atom. The molecule has 1 aromatic rings. The lowest BCUT2D eigenvalue weighted by Gasteiger charge is -2.19. The molecule has 0 saturated heterocycles. The summed E-state index contributed by atoms with van der Waals surface area (Å²) in [5.41, 5.74) is 6.40. The average Bonchev–Trinajstić information content (AvgIpc) is 3.28. The Morgan fingerprint density at radius 2 is 2.20 bits per heavy atom. The summed E-state index contributed by atoms with van der Waals surface area (Å²) in [6.07, 6.45) is 2.14. The molecule has 0 spiro atoms. The molecule has 1 amide bonds. The van der Waals surface area contributed by atoms with Crippen LogP contribution in [0, 0.1) is 0 Å². The molecule has 2 rings (SSSR count). The smallest absolute Gasteiger partial charge is 0.260 e. The Bertz CT molecular complexity index is 478. The molecular formula is C14H19ClN2O3. The Kier molecular flexibility index (Phi) is 4.73. The first-order valence-electron chi connectivity index (χ1n) is 6.51. The largest absolute Gasteiger partial charge is 0.493 e. The summed E-state index contributed by atoms with van der Waals surface area (Å²) >= 11 is 5.98. The molecule has 110 valence electrons. The molecule has 0 aromatic heterocycles. The Morgan fingerprint density at radius 1 is 1.50 bits per heavy atom. The number of methoxy groups -OCH3 is 1. The molecule has 1 aliphatic carbocycles. The lowest BCUT2D eigenvalue weighted by molar-refractivity contribution is -0.132. The lowest BCUT2D eigenvalue weighted by Crippen LogP contribution is -2.33. The molecule has 5 nitrogen and oxygen atoms in total. The van der Waals surface area contributed by atoms with Crippen LogP contribution in [-0.2, 0) is 11.3 Å². The molecule has 6 heteroatoms. The van der Waals surface area contributed by atoms with Gasteiger partial charge in [0.15, 0.2) is 18.1 Å². The van der Waals surface area contributed by atoms with Crippen LogP contribution in [0.15, 0.2) is 12.1 Å². The second-order valence-corrected chi connectivity index (χ2v) is 5.26. The number of halogens is 1. The van der Waals surface area contributed by atoms with Crippen molar-refractivity contribution < 1.29 is 14.3 Å². The summed E-state index contributed by atoms with van der Waals surface area (Å²) in [6.45, 7) is 0.233. The van der Waals surface area contributed by atoms with Crippen LogP contribution < -0.4 is 15.2 Å². The van der Waals surface area contributed by atoms with Crippen LogP contribution in [0.25, 0.3) is 0 Å². The maximum Gasteiger partial charge on any atom is 0.260 e. The number of benzene rings is 1. The summed E-state index contributed by atoms with van der Waals surface area (Å²) in [5, 5.41) is 0.524. The maximum absolute atomic E-state index is 12.0. The van der Waals surface area contributed by atoms with Gasteiger partial charge in [0.05, 0.1) is 7.11 Å². The zero-order chi connectivity index (χ0) is 14.7. The molecule has 0 bridgehead atoms. The highest BCUT2D eigenvalue weighted by Gasteiger charge is 2.29. The molecule has 0 radical (unpaired) electrons. The van der Waals surface area contributed by atoms with Crippen LogP contribution in [-0.4, -0.2) is 37.6 Å². The molecule has 0 heterocycles. The van der Waals surface area contributed by atoms with Crippen molar-refractivity contribution >= 4 is 17.5 Å². The van der Waals surface area contributed by atoms with E-state index in [0.717, 1.165) is 18.4 Å². The second kappa shape index (κ2) is 6.33. The van der Waals surface area contributed by atoms with Gasteiger partial charge in [-0.25, -0.2) is 0 Å². The minimum Gasteiger partial charge on any atom is -0.493 e. The van der Waals surface area contributed by atoms with Crippen molar-refractivity contribution in [3.8, 4) is 11.5 Å². The predicted octanol–water partition coefficient (Wildman–Crippen LogP) is 1.81. The van der Waals surface area contributed by atoms with Crippen molar-refractivity contribution in [3.05, 3.63) is 22.7 Å². The van der Waals surface area contributed by atoms with Gasteiger partial charge in [-0.15, -0.1) is 0 Å². The summed E-state index contributed by atoms with van der Waals surface area (Å²) in [5.74, 6) is 0.921. The van der Waals surface area contributed by atoms with Gasteiger partial charge in [0.1, 0.15) is 0 Å². The van der Waals surface area contributed by atoms with Crippen LogP contribution in [0.1, 0.15) is 18.4 Å². The van der Waals surface area contributed by atoms with E-state index in [1.54, 1.807) is 24.1 Å². The number of nitrogens with two attached hydrogens (primary N) is 1. The minimum atomic E-state index is -0.0486. The standard InChI is InChI=1S/C14H19ClN2O3/c1-17(11-3-4-11)13(18)8-20-14-9(7-16)5-10(15)6-12(14)19-2/h5-6,11H,3-4,7-8,16H2,1-2H3. The molecule has 0 atom stereocenters. The van der Waals surface area contributed by atoms with Gasteiger partial charge in [0.25, 0.3) is 5.91 Å². The molecule has 2 N–H and O–H groups in total. The zero-order valence-electron chi connectivity index (χ0n) is 11.7. The zero-order valence-corrected chi connectivity index (χ0v) is 12.4. The topological polar surface area (TPSA) is 64.8 Å². The van der Waals surface area contributed by atoms with E-state index in [-0.39, 0.29) is 19.1 Å². The van der Waals surface area contributed by atoms with Crippen molar-refractivity contribution in [1.29, 1.82) is 0 Å². The Labute approximate surface area is 123 Å². The van der Waals surface area contributed by atoms with Crippen molar-refractivity contribution in [3.63, 3.8) is 0 Å². The van der Waals surface area contributed by atoms with E-state index in [9.17, 15) is 4.79 Å². The fourth-order valence-corrected chi connectivity index (χ4v) is 2.22. The van der Waals surface area contributed by atoms with Crippen LogP contribution in [0.4, 0.5) is 0 Å². The summed E-state index contributed by atoms with van der Waals surface area (Å²) < 4.78 is 10.8. The van der Waals surface area contributed by atoms with Crippen molar-refractivity contribution in [1.82, 2.24) is 4.90 Å². The first-order valence-corrected chi connectivity index (χ1v) is 6.89. The molecule has 20 heavy (non-hydrogen) atoms. The van der Waals surface area contributed by atoms with E-state index in [4.69, 9.17) is 26.8 Å². The van der Waals surface area contributed by atoms with Crippen molar-refractivity contribution in [2.45, 2.75) is 25.4 Å². The van der Waals surface area contributed by atoms with Gasteiger partial charge in [-0.1, -0.05) is 11.6 Å². The molecule has 1 saturated carbocycles. The van der Waals surface area contributed by atoms with Crippen molar-refractivity contribution in [2.24, 2.45) is 5.73 Å². The van der Waals surface area contributed by atoms with E-state index in [0.29, 0.717) is 22.6 Å². The number of hydrogen-bond donors (Lipinski definition) is 1.